The molecule has 1 aromatic heterocycles. The molecule has 2 heterocycles. The molecule has 7 heteroatoms. The highest BCUT2D eigenvalue weighted by Gasteiger charge is 2.23. The predicted molar refractivity (Wildman–Crippen MR) is 119 cm³/mol. The summed E-state index contributed by atoms with van der Waals surface area (Å²) in [5.74, 6) is 1.74. The molecule has 2 aromatic carbocycles. The Balaban J connectivity index is 1.36. The van der Waals surface area contributed by atoms with Gasteiger partial charge in [-0.1, -0.05) is 23.7 Å². The van der Waals surface area contributed by atoms with Crippen molar-refractivity contribution in [3.63, 3.8) is 0 Å². The molecule has 0 radical (unpaired) electrons. The standard InChI is InChI=1S/C23H25ClN4O2/c1-30-20-9-7-17(8-10-20)21-14-22(27-26-21)28-11-3-6-19(15-28)25-23(29)13-16-4-2-5-18(24)12-16/h2,4-5,7-10,12,14,19H,3,6,11,13,15H2,1H3,(H,25,29)(H,26,27)/t19-/m0/s1. The zero-order valence-electron chi connectivity index (χ0n) is 16.9. The first-order valence-corrected chi connectivity index (χ1v) is 10.5. The van der Waals surface area contributed by atoms with Crippen LogP contribution in [0.5, 0.6) is 5.75 Å². The number of aromatic amines is 1. The fourth-order valence-corrected chi connectivity index (χ4v) is 4.02. The fraction of sp³-hybridized carbons (Fsp3) is 0.304. The van der Waals surface area contributed by atoms with E-state index in [0.717, 1.165) is 54.3 Å². The Morgan fingerprint density at radius 3 is 2.87 bits per heavy atom. The highest BCUT2D eigenvalue weighted by atomic mass is 35.5. The van der Waals surface area contributed by atoms with Gasteiger partial charge in [-0.25, -0.2) is 0 Å². The van der Waals surface area contributed by atoms with Crippen molar-refractivity contribution in [2.24, 2.45) is 0 Å². The molecular weight excluding hydrogens is 400 g/mol. The number of H-pyrrole nitrogens is 1. The normalized spacial score (nSPS) is 16.3. The van der Waals surface area contributed by atoms with Gasteiger partial charge in [0.05, 0.1) is 19.2 Å². The van der Waals surface area contributed by atoms with Gasteiger partial charge < -0.3 is 15.0 Å². The third kappa shape index (κ3) is 4.94. The van der Waals surface area contributed by atoms with E-state index in [4.69, 9.17) is 16.3 Å². The second-order valence-corrected chi connectivity index (χ2v) is 7.96. The average molecular weight is 425 g/mol. The Hall–Kier alpha value is -2.99. The van der Waals surface area contributed by atoms with Crippen molar-refractivity contribution in [2.75, 3.05) is 25.1 Å². The molecule has 0 bridgehead atoms. The van der Waals surface area contributed by atoms with E-state index in [-0.39, 0.29) is 11.9 Å². The Morgan fingerprint density at radius 1 is 1.27 bits per heavy atom. The maximum atomic E-state index is 12.5. The zero-order valence-corrected chi connectivity index (χ0v) is 17.7. The lowest BCUT2D eigenvalue weighted by molar-refractivity contribution is -0.121. The minimum Gasteiger partial charge on any atom is -0.497 e. The maximum absolute atomic E-state index is 12.5. The van der Waals surface area contributed by atoms with Crippen LogP contribution >= 0.6 is 11.6 Å². The number of rotatable bonds is 6. The SMILES string of the molecule is COc1ccc(-c2cc(N3CCC[C@H](NC(=O)Cc4cccc(Cl)c4)C3)n[nH]2)cc1. The number of amides is 1. The molecule has 1 fully saturated rings. The van der Waals surface area contributed by atoms with Gasteiger partial charge in [-0.2, -0.15) is 5.10 Å². The number of nitrogens with one attached hydrogen (secondary N) is 2. The second kappa shape index (κ2) is 9.22. The summed E-state index contributed by atoms with van der Waals surface area (Å²) in [6, 6.07) is 17.5. The van der Waals surface area contributed by atoms with E-state index in [9.17, 15) is 4.79 Å². The molecule has 3 aromatic rings. The minimum atomic E-state index is 0.0186. The fourth-order valence-electron chi connectivity index (χ4n) is 3.81. The first-order valence-electron chi connectivity index (χ1n) is 10.1. The Morgan fingerprint density at radius 2 is 2.10 bits per heavy atom. The van der Waals surface area contributed by atoms with Crippen LogP contribution in [-0.4, -0.2) is 42.3 Å². The van der Waals surface area contributed by atoms with Gasteiger partial charge in [0.25, 0.3) is 0 Å². The quantitative estimate of drug-likeness (QED) is 0.625. The molecule has 1 aliphatic rings. The van der Waals surface area contributed by atoms with Crippen LogP contribution in [0, 0.1) is 0 Å². The highest BCUT2D eigenvalue weighted by Crippen LogP contribution is 2.25. The van der Waals surface area contributed by atoms with Crippen LogP contribution in [0.15, 0.2) is 54.6 Å². The molecule has 0 saturated carbocycles. The third-order valence-corrected chi connectivity index (χ3v) is 5.56. The summed E-state index contributed by atoms with van der Waals surface area (Å²) < 4.78 is 5.22. The summed E-state index contributed by atoms with van der Waals surface area (Å²) >= 11 is 6.01. The number of halogens is 1. The zero-order chi connectivity index (χ0) is 20.9. The second-order valence-electron chi connectivity index (χ2n) is 7.53. The number of carbonyl (C=O) groups excluding carboxylic acids is 1. The van der Waals surface area contributed by atoms with Gasteiger partial charge in [-0.15, -0.1) is 0 Å². The number of methoxy groups -OCH3 is 1. The lowest BCUT2D eigenvalue weighted by atomic mass is 10.0. The molecule has 6 nitrogen and oxygen atoms in total. The van der Waals surface area contributed by atoms with Crippen molar-refractivity contribution in [2.45, 2.75) is 25.3 Å². The van der Waals surface area contributed by atoms with E-state index in [2.05, 4.69) is 26.5 Å². The van der Waals surface area contributed by atoms with Crippen LogP contribution in [0.3, 0.4) is 0 Å². The van der Waals surface area contributed by atoms with E-state index in [1.807, 2.05) is 48.5 Å². The smallest absolute Gasteiger partial charge is 0.224 e. The number of anilines is 1. The highest BCUT2D eigenvalue weighted by molar-refractivity contribution is 6.30. The molecule has 4 rings (SSSR count). The molecule has 1 saturated heterocycles. The summed E-state index contributed by atoms with van der Waals surface area (Å²) in [4.78, 5) is 14.7. The van der Waals surface area contributed by atoms with E-state index < -0.39 is 0 Å². The van der Waals surface area contributed by atoms with Crippen molar-refractivity contribution in [1.29, 1.82) is 0 Å². The monoisotopic (exact) mass is 424 g/mol. The maximum Gasteiger partial charge on any atom is 0.224 e. The number of piperidine rings is 1. The van der Waals surface area contributed by atoms with Crippen LogP contribution in [0.4, 0.5) is 5.82 Å². The Kier molecular flexibility index (Phi) is 6.23. The number of hydrogen-bond acceptors (Lipinski definition) is 4. The molecule has 0 spiro atoms. The van der Waals surface area contributed by atoms with Crippen molar-refractivity contribution >= 4 is 23.3 Å². The number of ether oxygens (including phenoxy) is 1. The van der Waals surface area contributed by atoms with E-state index in [1.165, 1.54) is 0 Å². The lowest BCUT2D eigenvalue weighted by Crippen LogP contribution is -2.48. The molecule has 0 unspecified atom stereocenters. The van der Waals surface area contributed by atoms with Gasteiger partial charge in [-0.05, 0) is 60.4 Å². The summed E-state index contributed by atoms with van der Waals surface area (Å²) in [5.41, 5.74) is 2.93. The van der Waals surface area contributed by atoms with Crippen molar-refractivity contribution in [3.05, 3.63) is 65.2 Å². The third-order valence-electron chi connectivity index (χ3n) is 5.33. The first-order chi connectivity index (χ1) is 14.6. The van der Waals surface area contributed by atoms with Crippen LogP contribution in [0.1, 0.15) is 18.4 Å². The van der Waals surface area contributed by atoms with Gasteiger partial charge in [0, 0.05) is 30.2 Å². The molecule has 0 aliphatic carbocycles. The van der Waals surface area contributed by atoms with Gasteiger partial charge in [0.15, 0.2) is 5.82 Å². The van der Waals surface area contributed by atoms with E-state index >= 15 is 0 Å². The summed E-state index contributed by atoms with van der Waals surface area (Å²) in [7, 11) is 1.66. The van der Waals surface area contributed by atoms with Crippen LogP contribution in [-0.2, 0) is 11.2 Å². The molecule has 30 heavy (non-hydrogen) atoms. The van der Waals surface area contributed by atoms with Gasteiger partial charge in [-0.3, -0.25) is 9.89 Å². The van der Waals surface area contributed by atoms with Crippen LogP contribution in [0.2, 0.25) is 5.02 Å². The van der Waals surface area contributed by atoms with Gasteiger partial charge >= 0.3 is 0 Å². The predicted octanol–water partition coefficient (Wildman–Crippen LogP) is 4.07. The summed E-state index contributed by atoms with van der Waals surface area (Å²) in [5, 5.41) is 11.4. The van der Waals surface area contributed by atoms with Gasteiger partial charge in [0.1, 0.15) is 5.75 Å². The average Bonchev–Trinajstić information content (AvgIpc) is 3.24. The lowest BCUT2D eigenvalue weighted by Gasteiger charge is -2.33. The van der Waals surface area contributed by atoms with Crippen molar-refractivity contribution in [1.82, 2.24) is 15.5 Å². The summed E-state index contributed by atoms with van der Waals surface area (Å²) in [6.07, 6.45) is 2.31. The molecule has 1 atom stereocenters. The number of hydrogen-bond donors (Lipinski definition) is 2. The Bertz CT molecular complexity index is 1000. The summed E-state index contributed by atoms with van der Waals surface area (Å²) in [6.45, 7) is 1.67. The molecule has 1 amide bonds. The number of aromatic nitrogens is 2. The topological polar surface area (TPSA) is 70.2 Å². The Labute approximate surface area is 181 Å². The van der Waals surface area contributed by atoms with Crippen LogP contribution in [0.25, 0.3) is 11.3 Å². The minimum absolute atomic E-state index is 0.0186. The number of benzene rings is 2. The number of carbonyl (C=O) groups is 1. The molecule has 2 N–H and O–H groups in total. The molecule has 156 valence electrons. The molecule has 1 aliphatic heterocycles. The van der Waals surface area contributed by atoms with Crippen molar-refractivity contribution in [3.8, 4) is 17.0 Å². The number of nitrogens with zero attached hydrogens (tertiary/aromatic N) is 2. The van der Waals surface area contributed by atoms with E-state index in [0.29, 0.717) is 11.4 Å². The van der Waals surface area contributed by atoms with Crippen LogP contribution < -0.4 is 15.0 Å². The first kappa shape index (κ1) is 20.3. The van der Waals surface area contributed by atoms with E-state index in [1.54, 1.807) is 7.11 Å². The van der Waals surface area contributed by atoms with Gasteiger partial charge in [0.2, 0.25) is 5.91 Å². The largest absolute Gasteiger partial charge is 0.497 e. The molecular formula is C23H25ClN4O2. The van der Waals surface area contributed by atoms with Crippen molar-refractivity contribution < 1.29 is 9.53 Å².